The minimum atomic E-state index is -4.06. The lowest BCUT2D eigenvalue weighted by molar-refractivity contribution is 0.0723. The number of benzene rings is 2. The Hall–Kier alpha value is -3.20. The number of aryl methyl sites for hydroxylation is 1. The number of anilines is 1. The van der Waals surface area contributed by atoms with Crippen molar-refractivity contribution in [1.82, 2.24) is 14.5 Å². The zero-order chi connectivity index (χ0) is 21.3. The third kappa shape index (κ3) is 4.20. The lowest BCUT2D eigenvalue weighted by Gasteiger charge is -2.22. The number of hydrogen-bond acceptors (Lipinski definition) is 4. The van der Waals surface area contributed by atoms with Crippen molar-refractivity contribution in [1.29, 1.82) is 0 Å². The molecule has 7 nitrogen and oxygen atoms in total. The van der Waals surface area contributed by atoms with Gasteiger partial charge in [0.1, 0.15) is 11.6 Å². The van der Waals surface area contributed by atoms with Crippen LogP contribution in [0, 0.1) is 5.82 Å². The molecule has 0 spiro atoms. The summed E-state index contributed by atoms with van der Waals surface area (Å²) in [7, 11) is -2.20. The highest BCUT2D eigenvalue weighted by atomic mass is 32.2. The third-order valence-corrected chi connectivity index (χ3v) is 6.35. The monoisotopic (exact) mass is 428 g/mol. The molecule has 0 atom stereocenters. The van der Waals surface area contributed by atoms with Crippen LogP contribution in [0.2, 0.25) is 0 Å². The van der Waals surface area contributed by atoms with Gasteiger partial charge in [0.05, 0.1) is 17.1 Å². The van der Waals surface area contributed by atoms with Crippen LogP contribution >= 0.6 is 0 Å². The number of aromatic nitrogens is 2. The van der Waals surface area contributed by atoms with Crippen molar-refractivity contribution in [3.8, 4) is 0 Å². The molecule has 0 bridgehead atoms. The molecule has 1 N–H and O–H groups in total. The van der Waals surface area contributed by atoms with Crippen molar-refractivity contribution in [2.45, 2.75) is 30.3 Å². The molecule has 0 unspecified atom stereocenters. The second-order valence-corrected chi connectivity index (χ2v) is 8.91. The summed E-state index contributed by atoms with van der Waals surface area (Å²) in [6, 6.07) is 11.4. The molecular formula is C21H21FN4O3S. The normalized spacial score (nSPS) is 13.8. The van der Waals surface area contributed by atoms with Crippen LogP contribution in [0.25, 0.3) is 0 Å². The minimum Gasteiger partial charge on any atom is -0.337 e. The molecule has 0 saturated heterocycles. The number of amides is 1. The molecule has 1 aliphatic rings. The maximum absolute atomic E-state index is 13.9. The molecule has 9 heteroatoms. The number of carbonyl (C=O) groups excluding carboxylic acids is 1. The van der Waals surface area contributed by atoms with Gasteiger partial charge in [0.15, 0.2) is 0 Å². The van der Waals surface area contributed by atoms with E-state index in [1.165, 1.54) is 42.5 Å². The van der Waals surface area contributed by atoms with Gasteiger partial charge in [0, 0.05) is 31.0 Å². The van der Waals surface area contributed by atoms with E-state index in [0.29, 0.717) is 6.54 Å². The van der Waals surface area contributed by atoms with Crippen molar-refractivity contribution >= 4 is 21.6 Å². The second kappa shape index (κ2) is 7.91. The van der Waals surface area contributed by atoms with Gasteiger partial charge in [-0.3, -0.25) is 9.52 Å². The first-order valence-corrected chi connectivity index (χ1v) is 11.0. The van der Waals surface area contributed by atoms with E-state index in [2.05, 4.69) is 9.71 Å². The summed E-state index contributed by atoms with van der Waals surface area (Å²) in [5.74, 6) is -0.188. The van der Waals surface area contributed by atoms with Gasteiger partial charge in [0.25, 0.3) is 15.9 Å². The van der Waals surface area contributed by atoms with Gasteiger partial charge in [-0.1, -0.05) is 18.2 Å². The Morgan fingerprint density at radius 1 is 1.23 bits per heavy atom. The molecule has 1 fully saturated rings. The van der Waals surface area contributed by atoms with Gasteiger partial charge in [-0.25, -0.2) is 17.8 Å². The average Bonchev–Trinajstić information content (AvgIpc) is 3.49. The Morgan fingerprint density at radius 3 is 2.67 bits per heavy atom. The molecule has 4 rings (SSSR count). The zero-order valence-electron chi connectivity index (χ0n) is 16.3. The number of para-hydroxylation sites is 1. The predicted molar refractivity (Wildman–Crippen MR) is 110 cm³/mol. The Bertz CT molecular complexity index is 1190. The molecule has 0 aliphatic heterocycles. The zero-order valence-corrected chi connectivity index (χ0v) is 17.1. The maximum Gasteiger partial charge on any atom is 0.262 e. The van der Waals surface area contributed by atoms with Crippen LogP contribution in [0.15, 0.2) is 65.8 Å². The van der Waals surface area contributed by atoms with Crippen molar-refractivity contribution in [3.05, 3.63) is 78.1 Å². The summed E-state index contributed by atoms with van der Waals surface area (Å²) >= 11 is 0. The van der Waals surface area contributed by atoms with Gasteiger partial charge in [-0.15, -0.1) is 0 Å². The largest absolute Gasteiger partial charge is 0.337 e. The number of rotatable bonds is 7. The fraction of sp³-hybridized carbons (Fsp3) is 0.238. The number of halogens is 1. The van der Waals surface area contributed by atoms with Gasteiger partial charge in [-0.05, 0) is 43.2 Å². The van der Waals surface area contributed by atoms with Gasteiger partial charge in [0.2, 0.25) is 0 Å². The highest BCUT2D eigenvalue weighted by molar-refractivity contribution is 7.92. The maximum atomic E-state index is 13.9. The molecular weight excluding hydrogens is 407 g/mol. The van der Waals surface area contributed by atoms with E-state index in [9.17, 15) is 17.6 Å². The van der Waals surface area contributed by atoms with Crippen LogP contribution in [0.3, 0.4) is 0 Å². The summed E-state index contributed by atoms with van der Waals surface area (Å²) in [5, 5.41) is 0. The smallest absolute Gasteiger partial charge is 0.262 e. The van der Waals surface area contributed by atoms with E-state index in [1.807, 2.05) is 17.8 Å². The van der Waals surface area contributed by atoms with E-state index in [1.54, 1.807) is 17.2 Å². The fourth-order valence-electron chi connectivity index (χ4n) is 3.16. The highest BCUT2D eigenvalue weighted by Gasteiger charge is 2.34. The van der Waals surface area contributed by atoms with Crippen LogP contribution in [0.4, 0.5) is 10.1 Å². The predicted octanol–water partition coefficient (Wildman–Crippen LogP) is 3.16. The fourth-order valence-corrected chi connectivity index (χ4v) is 4.28. The Labute approximate surface area is 174 Å². The Kier molecular flexibility index (Phi) is 5.29. The van der Waals surface area contributed by atoms with Crippen molar-refractivity contribution in [3.63, 3.8) is 0 Å². The summed E-state index contributed by atoms with van der Waals surface area (Å²) in [6.07, 6.45) is 5.30. The standard InChI is InChI=1S/C21H21FN4O3S/c1-25-12-11-23-20(25)14-26(16-9-10-16)21(27)15-5-4-6-17(13-15)30(28,29)24-19-8-3-2-7-18(19)22/h2-8,11-13,16,24H,9-10,14H2,1H3. The Balaban J connectivity index is 1.59. The number of carbonyl (C=O) groups is 1. The Morgan fingerprint density at radius 2 is 2.00 bits per heavy atom. The van der Waals surface area contributed by atoms with Crippen LogP contribution < -0.4 is 4.72 Å². The number of imidazole rings is 1. The minimum absolute atomic E-state index is 0.107. The number of hydrogen-bond donors (Lipinski definition) is 1. The highest BCUT2D eigenvalue weighted by Crippen LogP contribution is 2.30. The molecule has 2 aromatic carbocycles. The van der Waals surface area contributed by atoms with Crippen LogP contribution in [-0.2, 0) is 23.6 Å². The van der Waals surface area contributed by atoms with Gasteiger partial charge < -0.3 is 9.47 Å². The topological polar surface area (TPSA) is 84.3 Å². The molecule has 1 aromatic heterocycles. The first-order chi connectivity index (χ1) is 14.3. The van der Waals surface area contributed by atoms with Gasteiger partial charge >= 0.3 is 0 Å². The van der Waals surface area contributed by atoms with E-state index < -0.39 is 15.8 Å². The van der Waals surface area contributed by atoms with Crippen LogP contribution in [0.1, 0.15) is 29.0 Å². The number of nitrogens with one attached hydrogen (secondary N) is 1. The van der Waals surface area contributed by atoms with Gasteiger partial charge in [-0.2, -0.15) is 0 Å². The number of nitrogens with zero attached hydrogens (tertiary/aromatic N) is 3. The SMILES string of the molecule is Cn1ccnc1CN(C(=O)c1cccc(S(=O)(=O)Nc2ccccc2F)c1)C1CC1. The van der Waals surface area contributed by atoms with Crippen LogP contribution in [0.5, 0.6) is 0 Å². The lowest BCUT2D eigenvalue weighted by Crippen LogP contribution is -2.33. The van der Waals surface area contributed by atoms with Crippen molar-refractivity contribution in [2.24, 2.45) is 7.05 Å². The van der Waals surface area contributed by atoms with E-state index in [4.69, 9.17) is 0 Å². The molecule has 1 saturated carbocycles. The number of sulfonamides is 1. The molecule has 30 heavy (non-hydrogen) atoms. The first kappa shape index (κ1) is 20.1. The van der Waals surface area contributed by atoms with Crippen LogP contribution in [-0.4, -0.2) is 34.8 Å². The second-order valence-electron chi connectivity index (χ2n) is 7.23. The summed E-state index contributed by atoms with van der Waals surface area (Å²) in [5.41, 5.74) is 0.108. The molecule has 1 heterocycles. The molecule has 0 radical (unpaired) electrons. The molecule has 1 aliphatic carbocycles. The average molecular weight is 428 g/mol. The van der Waals surface area contributed by atoms with E-state index >= 15 is 0 Å². The first-order valence-electron chi connectivity index (χ1n) is 9.50. The lowest BCUT2D eigenvalue weighted by atomic mass is 10.2. The summed E-state index contributed by atoms with van der Waals surface area (Å²) in [4.78, 5) is 19.1. The van der Waals surface area contributed by atoms with E-state index in [-0.39, 0.29) is 28.1 Å². The molecule has 156 valence electrons. The molecule has 3 aromatic rings. The summed E-state index contributed by atoms with van der Waals surface area (Å²) < 4.78 is 43.4. The third-order valence-electron chi connectivity index (χ3n) is 4.99. The quantitative estimate of drug-likeness (QED) is 0.627. The van der Waals surface area contributed by atoms with E-state index in [0.717, 1.165) is 18.7 Å². The summed E-state index contributed by atoms with van der Waals surface area (Å²) in [6.45, 7) is 0.345. The van der Waals surface area contributed by atoms with Crippen molar-refractivity contribution in [2.75, 3.05) is 4.72 Å². The molecule has 1 amide bonds. The van der Waals surface area contributed by atoms with Crippen molar-refractivity contribution < 1.29 is 17.6 Å².